The third-order valence-electron chi connectivity index (χ3n) is 6.88. The number of aromatic nitrogens is 1. The second-order valence-corrected chi connectivity index (χ2v) is 10.2. The Bertz CT molecular complexity index is 1200. The van der Waals surface area contributed by atoms with E-state index < -0.39 is 53.8 Å². The molecule has 14 heteroatoms. The molecule has 14 nitrogen and oxygen atoms in total. The third-order valence-corrected chi connectivity index (χ3v) is 6.88. The average molecular weight is 590 g/mol. The van der Waals surface area contributed by atoms with Crippen LogP contribution in [0.5, 0.6) is 0 Å². The summed E-state index contributed by atoms with van der Waals surface area (Å²) in [5.74, 6) is -4.38. The Balaban J connectivity index is 2.27. The summed E-state index contributed by atoms with van der Waals surface area (Å²) in [5.41, 5.74) is 18.5. The molecule has 1 heterocycles. The lowest BCUT2D eigenvalue weighted by atomic mass is 10.0. The second kappa shape index (κ2) is 17.7. The van der Waals surface area contributed by atoms with Gasteiger partial charge in [-0.25, -0.2) is 4.79 Å². The van der Waals surface area contributed by atoms with Gasteiger partial charge < -0.3 is 48.3 Å². The Kier molecular flexibility index (Phi) is 14.4. The van der Waals surface area contributed by atoms with Gasteiger partial charge in [-0.2, -0.15) is 0 Å². The van der Waals surface area contributed by atoms with Gasteiger partial charge >= 0.3 is 11.9 Å². The van der Waals surface area contributed by atoms with Crippen LogP contribution in [0.3, 0.4) is 0 Å². The van der Waals surface area contributed by atoms with Crippen LogP contribution in [0.1, 0.15) is 56.9 Å². The highest BCUT2D eigenvalue weighted by Crippen LogP contribution is 2.19. The van der Waals surface area contributed by atoms with Crippen LogP contribution < -0.4 is 33.2 Å². The molecule has 1 aromatic heterocycles. The predicted molar refractivity (Wildman–Crippen MR) is 156 cm³/mol. The highest BCUT2D eigenvalue weighted by Gasteiger charge is 2.30. The molecule has 1 aromatic carbocycles. The Morgan fingerprint density at radius 2 is 1.33 bits per heavy atom. The molecule has 0 fully saturated rings. The topological polar surface area (TPSA) is 256 Å². The average Bonchev–Trinajstić information content (AvgIpc) is 3.36. The Morgan fingerprint density at radius 3 is 1.95 bits per heavy atom. The molecule has 0 aliphatic carbocycles. The highest BCUT2D eigenvalue weighted by atomic mass is 16.4. The van der Waals surface area contributed by atoms with Crippen LogP contribution in [0.25, 0.3) is 10.9 Å². The minimum absolute atomic E-state index is 0.0429. The van der Waals surface area contributed by atoms with Gasteiger partial charge in [0.25, 0.3) is 0 Å². The van der Waals surface area contributed by atoms with Gasteiger partial charge in [-0.15, -0.1) is 0 Å². The maximum absolute atomic E-state index is 13.6. The van der Waals surface area contributed by atoms with E-state index >= 15 is 0 Å². The van der Waals surface area contributed by atoms with Crippen LogP contribution in [-0.4, -0.2) is 82.1 Å². The number of hydrogen-bond donors (Lipinski definition) is 9. The van der Waals surface area contributed by atoms with Crippen LogP contribution in [0, 0.1) is 0 Å². The quantitative estimate of drug-likeness (QED) is 0.0911. The number of carbonyl (C=O) groups excluding carboxylic acids is 3. The van der Waals surface area contributed by atoms with Gasteiger partial charge in [0.1, 0.15) is 18.1 Å². The Morgan fingerprint density at radius 1 is 0.762 bits per heavy atom. The van der Waals surface area contributed by atoms with Gasteiger partial charge in [-0.3, -0.25) is 19.2 Å². The van der Waals surface area contributed by atoms with Gasteiger partial charge in [0, 0.05) is 29.9 Å². The third kappa shape index (κ3) is 11.1. The number of carbonyl (C=O) groups is 5. The van der Waals surface area contributed by atoms with Gasteiger partial charge in [0.2, 0.25) is 17.7 Å². The van der Waals surface area contributed by atoms with E-state index in [2.05, 4.69) is 20.9 Å². The molecule has 3 amide bonds. The monoisotopic (exact) mass is 589 g/mol. The number of nitrogens with one attached hydrogen (secondary N) is 4. The zero-order valence-electron chi connectivity index (χ0n) is 23.6. The molecule has 4 atom stereocenters. The SMILES string of the molecule is NCCCCC(NC(=O)C(CCCCN)NC(=O)C(Cc1c[nH]c2ccccc12)NC(=O)C(N)CCC(=O)O)C(=O)O. The molecule has 232 valence electrons. The lowest BCUT2D eigenvalue weighted by Crippen LogP contribution is -2.57. The number of para-hydroxylation sites is 1. The zero-order valence-corrected chi connectivity index (χ0v) is 23.6. The smallest absolute Gasteiger partial charge is 0.326 e. The molecule has 2 rings (SSSR count). The van der Waals surface area contributed by atoms with Crippen molar-refractivity contribution in [2.24, 2.45) is 17.2 Å². The van der Waals surface area contributed by atoms with Crippen LogP contribution in [0.2, 0.25) is 0 Å². The zero-order chi connectivity index (χ0) is 31.1. The number of hydrogen-bond acceptors (Lipinski definition) is 8. The molecule has 0 saturated heterocycles. The van der Waals surface area contributed by atoms with Gasteiger partial charge in [0.15, 0.2) is 0 Å². The fourth-order valence-electron chi connectivity index (χ4n) is 4.47. The molecule has 2 aromatic rings. The number of carboxylic acid groups (broad SMARTS) is 2. The Hall–Kier alpha value is -4.01. The number of nitrogens with two attached hydrogens (primary N) is 3. The number of aliphatic carboxylic acids is 2. The summed E-state index contributed by atoms with van der Waals surface area (Å²) in [6.07, 6.45) is 3.82. The van der Waals surface area contributed by atoms with E-state index in [1.807, 2.05) is 24.3 Å². The summed E-state index contributed by atoms with van der Waals surface area (Å²) in [6.45, 7) is 0.758. The fraction of sp³-hybridized carbons (Fsp3) is 0.536. The number of rotatable bonds is 20. The van der Waals surface area contributed by atoms with Crippen molar-refractivity contribution < 1.29 is 34.2 Å². The van der Waals surface area contributed by atoms with E-state index in [0.717, 1.165) is 16.5 Å². The summed E-state index contributed by atoms with van der Waals surface area (Å²) in [6, 6.07) is 2.80. The van der Waals surface area contributed by atoms with Crippen molar-refractivity contribution in [2.75, 3.05) is 13.1 Å². The largest absolute Gasteiger partial charge is 0.481 e. The van der Waals surface area contributed by atoms with Gasteiger partial charge in [0.05, 0.1) is 6.04 Å². The van der Waals surface area contributed by atoms with Crippen molar-refractivity contribution >= 4 is 40.6 Å². The van der Waals surface area contributed by atoms with Crippen molar-refractivity contribution in [1.82, 2.24) is 20.9 Å². The number of benzene rings is 1. The standard InChI is InChI=1S/C28H43N7O7/c29-13-5-3-9-21(26(39)34-22(28(41)42)10-4-6-14-30)33-27(40)23(35-25(38)19(31)11-12-24(36)37)15-17-16-32-20-8-2-1-7-18(17)20/h1-2,7-8,16,19,21-23,32H,3-6,9-15,29-31H2,(H,33,40)(H,34,39)(H,35,38)(H,36,37)(H,41,42). The second-order valence-electron chi connectivity index (χ2n) is 10.2. The summed E-state index contributed by atoms with van der Waals surface area (Å²) in [4.78, 5) is 65.5. The number of unbranched alkanes of at least 4 members (excludes halogenated alkanes) is 2. The molecular formula is C28H43N7O7. The van der Waals surface area contributed by atoms with Crippen molar-refractivity contribution in [3.63, 3.8) is 0 Å². The lowest BCUT2D eigenvalue weighted by molar-refractivity contribution is -0.142. The molecule has 0 aliphatic heterocycles. The molecule has 42 heavy (non-hydrogen) atoms. The maximum atomic E-state index is 13.6. The van der Waals surface area contributed by atoms with Crippen molar-refractivity contribution in [2.45, 2.75) is 82.0 Å². The Labute approximate surface area is 244 Å². The first kappa shape index (κ1) is 34.2. The van der Waals surface area contributed by atoms with Crippen molar-refractivity contribution in [3.05, 3.63) is 36.0 Å². The van der Waals surface area contributed by atoms with E-state index in [1.165, 1.54) is 0 Å². The number of H-pyrrole nitrogens is 1. The van der Waals surface area contributed by atoms with E-state index in [-0.39, 0.29) is 32.1 Å². The highest BCUT2D eigenvalue weighted by molar-refractivity contribution is 5.95. The van der Waals surface area contributed by atoms with E-state index in [1.54, 1.807) is 6.20 Å². The summed E-state index contributed by atoms with van der Waals surface area (Å²) < 4.78 is 0. The number of aromatic amines is 1. The molecule has 12 N–H and O–H groups in total. The van der Waals surface area contributed by atoms with Crippen molar-refractivity contribution in [3.8, 4) is 0 Å². The molecule has 4 unspecified atom stereocenters. The van der Waals surface area contributed by atoms with Crippen molar-refractivity contribution in [1.29, 1.82) is 0 Å². The first-order chi connectivity index (χ1) is 20.1. The van der Waals surface area contributed by atoms with E-state index in [9.17, 15) is 29.1 Å². The molecule has 0 bridgehead atoms. The fourth-order valence-corrected chi connectivity index (χ4v) is 4.47. The van der Waals surface area contributed by atoms with Crippen LogP contribution >= 0.6 is 0 Å². The first-order valence-corrected chi connectivity index (χ1v) is 14.1. The number of amides is 3. The van der Waals surface area contributed by atoms with Crippen LogP contribution in [-0.2, 0) is 30.4 Å². The normalized spacial score (nSPS) is 14.0. The van der Waals surface area contributed by atoms with E-state index in [4.69, 9.17) is 22.3 Å². The number of fused-ring (bicyclic) bond motifs is 1. The molecule has 0 spiro atoms. The number of carboxylic acids is 2. The summed E-state index contributed by atoms with van der Waals surface area (Å²) in [5, 5.41) is 27.2. The molecule has 0 aliphatic rings. The van der Waals surface area contributed by atoms with Crippen LogP contribution in [0.15, 0.2) is 30.5 Å². The lowest BCUT2D eigenvalue weighted by Gasteiger charge is -2.25. The minimum Gasteiger partial charge on any atom is -0.481 e. The molecule has 0 saturated carbocycles. The first-order valence-electron chi connectivity index (χ1n) is 14.1. The summed E-state index contributed by atoms with van der Waals surface area (Å²) in [7, 11) is 0. The van der Waals surface area contributed by atoms with Gasteiger partial charge in [-0.1, -0.05) is 18.2 Å². The van der Waals surface area contributed by atoms with Gasteiger partial charge in [-0.05, 0) is 69.7 Å². The van der Waals surface area contributed by atoms with Crippen LogP contribution in [0.4, 0.5) is 0 Å². The predicted octanol–water partition coefficient (Wildman–Crippen LogP) is -0.300. The maximum Gasteiger partial charge on any atom is 0.326 e. The van der Waals surface area contributed by atoms with E-state index in [0.29, 0.717) is 38.8 Å². The molecular weight excluding hydrogens is 546 g/mol. The summed E-state index contributed by atoms with van der Waals surface area (Å²) >= 11 is 0. The minimum atomic E-state index is -1.20. The molecule has 0 radical (unpaired) electrons.